The number of hydrogen-bond donors (Lipinski definition) is 3. The van der Waals surface area contributed by atoms with Gasteiger partial charge < -0.3 is 15.5 Å². The average molecular weight is 367 g/mol. The zero-order chi connectivity index (χ0) is 18.6. The summed E-state index contributed by atoms with van der Waals surface area (Å²) in [4.78, 5) is 26.3. The van der Waals surface area contributed by atoms with Crippen LogP contribution in [0.2, 0.25) is 0 Å². The Morgan fingerprint density at radius 3 is 2.52 bits per heavy atom. The van der Waals surface area contributed by atoms with Crippen molar-refractivity contribution in [2.45, 2.75) is 44.4 Å². The molecule has 2 aromatic rings. The van der Waals surface area contributed by atoms with Gasteiger partial charge in [0.25, 0.3) is 0 Å². The number of H-pyrrole nitrogens is 1. The minimum absolute atomic E-state index is 0.0501. The van der Waals surface area contributed by atoms with E-state index in [9.17, 15) is 9.59 Å². The zero-order valence-electron chi connectivity index (χ0n) is 15.3. The van der Waals surface area contributed by atoms with Crippen LogP contribution in [0.3, 0.4) is 0 Å². The topological polar surface area (TPSA) is 90.1 Å². The second kappa shape index (κ2) is 7.82. The number of benzene rings is 1. The SMILES string of the molecule is O=C(Cc1ccc(NC(=O)N2CCCCC2)cc1)Nc1cc(C2CC2)n[nH]1. The van der Waals surface area contributed by atoms with E-state index in [1.54, 1.807) is 0 Å². The van der Waals surface area contributed by atoms with E-state index >= 15 is 0 Å². The van der Waals surface area contributed by atoms with Gasteiger partial charge in [-0.25, -0.2) is 4.79 Å². The molecule has 142 valence electrons. The molecule has 3 amide bonds. The van der Waals surface area contributed by atoms with Crippen LogP contribution in [0.15, 0.2) is 30.3 Å². The molecule has 0 radical (unpaired) electrons. The van der Waals surface area contributed by atoms with Crippen LogP contribution >= 0.6 is 0 Å². The number of piperidine rings is 1. The lowest BCUT2D eigenvalue weighted by Crippen LogP contribution is -2.38. The Hall–Kier alpha value is -2.83. The molecular weight excluding hydrogens is 342 g/mol. The molecule has 1 aromatic heterocycles. The predicted octanol–water partition coefficient (Wildman–Crippen LogP) is 3.49. The maximum absolute atomic E-state index is 12.2. The molecule has 1 saturated carbocycles. The third-order valence-corrected chi connectivity index (χ3v) is 5.08. The summed E-state index contributed by atoms with van der Waals surface area (Å²) < 4.78 is 0. The first-order valence-corrected chi connectivity index (χ1v) is 9.67. The summed E-state index contributed by atoms with van der Waals surface area (Å²) in [5.41, 5.74) is 2.67. The highest BCUT2D eigenvalue weighted by Gasteiger charge is 2.26. The molecule has 27 heavy (non-hydrogen) atoms. The molecule has 2 heterocycles. The van der Waals surface area contributed by atoms with Crippen molar-refractivity contribution in [3.05, 3.63) is 41.6 Å². The highest BCUT2D eigenvalue weighted by molar-refractivity contribution is 5.92. The Balaban J connectivity index is 1.27. The maximum Gasteiger partial charge on any atom is 0.321 e. The van der Waals surface area contributed by atoms with Crippen LogP contribution in [-0.4, -0.2) is 40.1 Å². The van der Waals surface area contributed by atoms with Gasteiger partial charge in [0.15, 0.2) is 0 Å². The Bertz CT molecular complexity index is 804. The first kappa shape index (κ1) is 17.6. The van der Waals surface area contributed by atoms with Gasteiger partial charge in [0.1, 0.15) is 5.82 Å². The molecule has 7 heteroatoms. The molecule has 4 rings (SSSR count). The standard InChI is InChI=1S/C20H25N5O2/c26-19(22-18-13-17(23-24-18)15-6-7-15)12-14-4-8-16(9-5-14)21-20(27)25-10-2-1-3-11-25/h4-5,8-9,13,15H,1-3,6-7,10-12H2,(H,21,27)(H2,22,23,24,26). The first-order chi connectivity index (χ1) is 13.2. The van der Waals surface area contributed by atoms with Crippen molar-refractivity contribution in [3.63, 3.8) is 0 Å². The average Bonchev–Trinajstić information content (AvgIpc) is 3.43. The summed E-state index contributed by atoms with van der Waals surface area (Å²) in [6.07, 6.45) is 5.97. The van der Waals surface area contributed by atoms with Crippen molar-refractivity contribution >= 4 is 23.4 Å². The number of aromatic amines is 1. The Kier molecular flexibility index (Phi) is 5.09. The van der Waals surface area contributed by atoms with E-state index < -0.39 is 0 Å². The highest BCUT2D eigenvalue weighted by Crippen LogP contribution is 2.39. The quantitative estimate of drug-likeness (QED) is 0.756. The van der Waals surface area contributed by atoms with Crippen LogP contribution in [0.4, 0.5) is 16.3 Å². The van der Waals surface area contributed by atoms with E-state index in [1.807, 2.05) is 35.2 Å². The van der Waals surface area contributed by atoms with Gasteiger partial charge in [0.05, 0.1) is 12.1 Å². The van der Waals surface area contributed by atoms with E-state index in [4.69, 9.17) is 0 Å². The smallest absolute Gasteiger partial charge is 0.321 e. The molecule has 1 aliphatic heterocycles. The molecule has 2 fully saturated rings. The lowest BCUT2D eigenvalue weighted by atomic mass is 10.1. The van der Waals surface area contributed by atoms with Crippen LogP contribution in [0.1, 0.15) is 49.3 Å². The fourth-order valence-corrected chi connectivity index (χ4v) is 3.37. The Morgan fingerprint density at radius 2 is 1.81 bits per heavy atom. The number of aromatic nitrogens is 2. The van der Waals surface area contributed by atoms with Gasteiger partial charge in [-0.15, -0.1) is 0 Å². The van der Waals surface area contributed by atoms with Gasteiger partial charge in [-0.2, -0.15) is 5.10 Å². The number of urea groups is 1. The van der Waals surface area contributed by atoms with Gasteiger partial charge in [0.2, 0.25) is 5.91 Å². The fourth-order valence-electron chi connectivity index (χ4n) is 3.37. The van der Waals surface area contributed by atoms with Crippen molar-refractivity contribution in [2.24, 2.45) is 0 Å². The Morgan fingerprint density at radius 1 is 1.07 bits per heavy atom. The van der Waals surface area contributed by atoms with E-state index in [2.05, 4.69) is 20.8 Å². The van der Waals surface area contributed by atoms with Gasteiger partial charge in [0, 0.05) is 30.8 Å². The van der Waals surface area contributed by atoms with Crippen LogP contribution < -0.4 is 10.6 Å². The molecule has 2 aliphatic rings. The van der Waals surface area contributed by atoms with E-state index in [0.29, 0.717) is 11.7 Å². The first-order valence-electron chi connectivity index (χ1n) is 9.67. The van der Waals surface area contributed by atoms with Crippen LogP contribution in [0.25, 0.3) is 0 Å². The number of likely N-dealkylation sites (tertiary alicyclic amines) is 1. The van der Waals surface area contributed by atoms with Crippen LogP contribution in [-0.2, 0) is 11.2 Å². The molecule has 1 aliphatic carbocycles. The van der Waals surface area contributed by atoms with Gasteiger partial charge in [-0.3, -0.25) is 9.89 Å². The molecular formula is C20H25N5O2. The lowest BCUT2D eigenvalue weighted by molar-refractivity contribution is -0.115. The van der Waals surface area contributed by atoms with E-state index in [0.717, 1.165) is 42.9 Å². The molecule has 1 saturated heterocycles. The number of hydrogen-bond acceptors (Lipinski definition) is 3. The van der Waals surface area contributed by atoms with Gasteiger partial charge in [-0.1, -0.05) is 12.1 Å². The number of rotatable bonds is 5. The Labute approximate surface area is 158 Å². The van der Waals surface area contributed by atoms with Gasteiger partial charge >= 0.3 is 6.03 Å². The molecule has 0 unspecified atom stereocenters. The van der Waals surface area contributed by atoms with Crippen molar-refractivity contribution in [1.29, 1.82) is 0 Å². The minimum Gasteiger partial charge on any atom is -0.325 e. The van der Waals surface area contributed by atoms with Crippen molar-refractivity contribution in [2.75, 3.05) is 23.7 Å². The summed E-state index contributed by atoms with van der Waals surface area (Å²) in [7, 11) is 0. The van der Waals surface area contributed by atoms with Crippen LogP contribution in [0.5, 0.6) is 0 Å². The zero-order valence-corrected chi connectivity index (χ0v) is 15.3. The van der Waals surface area contributed by atoms with Crippen LogP contribution in [0, 0.1) is 0 Å². The number of nitrogens with one attached hydrogen (secondary N) is 3. The van der Waals surface area contributed by atoms with Crippen molar-refractivity contribution < 1.29 is 9.59 Å². The maximum atomic E-state index is 12.2. The molecule has 0 bridgehead atoms. The normalized spacial score (nSPS) is 16.8. The third kappa shape index (κ3) is 4.67. The molecule has 7 nitrogen and oxygen atoms in total. The number of nitrogens with zero attached hydrogens (tertiary/aromatic N) is 2. The summed E-state index contributed by atoms with van der Waals surface area (Å²) in [5.74, 6) is 1.11. The van der Waals surface area contributed by atoms with Gasteiger partial charge in [-0.05, 0) is 49.8 Å². The summed E-state index contributed by atoms with van der Waals surface area (Å²) in [6.45, 7) is 1.64. The molecule has 0 spiro atoms. The molecule has 0 atom stereocenters. The summed E-state index contributed by atoms with van der Waals surface area (Å²) in [5, 5.41) is 12.9. The fraction of sp³-hybridized carbons (Fsp3) is 0.450. The minimum atomic E-state index is -0.0916. The monoisotopic (exact) mass is 367 g/mol. The number of amides is 3. The van der Waals surface area contributed by atoms with Crippen molar-refractivity contribution in [3.8, 4) is 0 Å². The number of carbonyl (C=O) groups excluding carboxylic acids is 2. The largest absolute Gasteiger partial charge is 0.325 e. The molecule has 1 aromatic carbocycles. The summed E-state index contributed by atoms with van der Waals surface area (Å²) in [6, 6.07) is 9.28. The summed E-state index contributed by atoms with van der Waals surface area (Å²) >= 11 is 0. The highest BCUT2D eigenvalue weighted by atomic mass is 16.2. The second-order valence-electron chi connectivity index (χ2n) is 7.38. The number of carbonyl (C=O) groups is 2. The van der Waals surface area contributed by atoms with Crippen molar-refractivity contribution in [1.82, 2.24) is 15.1 Å². The van der Waals surface area contributed by atoms with E-state index in [-0.39, 0.29) is 18.4 Å². The number of anilines is 2. The third-order valence-electron chi connectivity index (χ3n) is 5.08. The lowest BCUT2D eigenvalue weighted by Gasteiger charge is -2.26. The molecule has 3 N–H and O–H groups in total. The predicted molar refractivity (Wildman–Crippen MR) is 104 cm³/mol. The van der Waals surface area contributed by atoms with E-state index in [1.165, 1.54) is 19.3 Å². The second-order valence-corrected chi connectivity index (χ2v) is 7.38.